The van der Waals surface area contributed by atoms with E-state index in [1.807, 2.05) is 19.0 Å². The Morgan fingerprint density at radius 3 is 2.33 bits per heavy atom. The Labute approximate surface area is 123 Å². The van der Waals surface area contributed by atoms with Gasteiger partial charge in [-0.3, -0.25) is 4.90 Å². The molecule has 2 N–H and O–H groups in total. The molecule has 2 rings (SSSR count). The van der Waals surface area contributed by atoms with E-state index in [4.69, 9.17) is 5.73 Å². The van der Waals surface area contributed by atoms with Crippen LogP contribution in [0, 0.1) is 23.4 Å². The van der Waals surface area contributed by atoms with Crippen LogP contribution in [0.4, 0.5) is 13.2 Å². The van der Waals surface area contributed by atoms with Crippen LogP contribution in [-0.4, -0.2) is 49.6 Å². The third kappa shape index (κ3) is 3.22. The van der Waals surface area contributed by atoms with E-state index < -0.39 is 23.5 Å². The maximum atomic E-state index is 14.0. The lowest BCUT2D eigenvalue weighted by Crippen LogP contribution is -2.37. The minimum atomic E-state index is -1.17. The second-order valence-corrected chi connectivity index (χ2v) is 6.00. The summed E-state index contributed by atoms with van der Waals surface area (Å²) in [7, 11) is 4.00. The summed E-state index contributed by atoms with van der Waals surface area (Å²) in [6.07, 6.45) is 0. The van der Waals surface area contributed by atoms with Crippen LogP contribution < -0.4 is 5.73 Å². The van der Waals surface area contributed by atoms with E-state index in [9.17, 15) is 13.2 Å². The fourth-order valence-corrected chi connectivity index (χ4v) is 3.18. The molecule has 6 heteroatoms. The highest BCUT2D eigenvalue weighted by Gasteiger charge is 2.35. The Morgan fingerprint density at radius 1 is 1.19 bits per heavy atom. The van der Waals surface area contributed by atoms with Crippen LogP contribution in [0.3, 0.4) is 0 Å². The summed E-state index contributed by atoms with van der Waals surface area (Å²) in [5.41, 5.74) is 5.90. The minimum Gasteiger partial charge on any atom is -0.329 e. The van der Waals surface area contributed by atoms with Crippen LogP contribution >= 0.6 is 0 Å². The summed E-state index contributed by atoms with van der Waals surface area (Å²) in [5, 5.41) is 0. The van der Waals surface area contributed by atoms with Gasteiger partial charge in [-0.25, -0.2) is 13.2 Å². The van der Waals surface area contributed by atoms with E-state index in [1.165, 1.54) is 0 Å². The third-order valence-electron chi connectivity index (χ3n) is 4.33. The first-order valence-corrected chi connectivity index (χ1v) is 7.10. The standard InChI is InChI=1S/C15H22F3N3/c1-9-7-21(8-15(9)20(2)3)14(6-19)10-4-12(17)13(18)5-11(10)16/h4-5,9,14-15H,6-8,19H2,1-3H3. The van der Waals surface area contributed by atoms with Crippen LogP contribution in [0.2, 0.25) is 0 Å². The zero-order chi connectivity index (χ0) is 15.7. The third-order valence-corrected chi connectivity index (χ3v) is 4.33. The Hall–Kier alpha value is -1.11. The smallest absolute Gasteiger partial charge is 0.161 e. The number of hydrogen-bond acceptors (Lipinski definition) is 3. The van der Waals surface area contributed by atoms with Crippen LogP contribution in [0.1, 0.15) is 18.5 Å². The quantitative estimate of drug-likeness (QED) is 0.863. The summed E-state index contributed by atoms with van der Waals surface area (Å²) >= 11 is 0. The molecule has 118 valence electrons. The zero-order valence-electron chi connectivity index (χ0n) is 12.6. The summed E-state index contributed by atoms with van der Waals surface area (Å²) in [6.45, 7) is 3.77. The summed E-state index contributed by atoms with van der Waals surface area (Å²) in [6, 6.07) is 1.42. The van der Waals surface area contributed by atoms with E-state index in [2.05, 4.69) is 11.8 Å². The van der Waals surface area contributed by atoms with Crippen molar-refractivity contribution in [3.8, 4) is 0 Å². The van der Waals surface area contributed by atoms with Crippen LogP contribution in [0.5, 0.6) is 0 Å². The van der Waals surface area contributed by atoms with E-state index in [-0.39, 0.29) is 12.1 Å². The molecule has 1 aromatic rings. The molecule has 0 aromatic heterocycles. The highest BCUT2D eigenvalue weighted by molar-refractivity contribution is 5.24. The fourth-order valence-electron chi connectivity index (χ4n) is 3.18. The first-order valence-electron chi connectivity index (χ1n) is 7.10. The monoisotopic (exact) mass is 301 g/mol. The summed E-state index contributed by atoms with van der Waals surface area (Å²) < 4.78 is 40.5. The van der Waals surface area contributed by atoms with Gasteiger partial charge in [-0.2, -0.15) is 0 Å². The molecule has 1 aliphatic rings. The van der Waals surface area contributed by atoms with E-state index >= 15 is 0 Å². The molecule has 1 saturated heterocycles. The Bertz CT molecular complexity index is 507. The minimum absolute atomic E-state index is 0.128. The first-order chi connectivity index (χ1) is 9.85. The number of likely N-dealkylation sites (N-methyl/N-ethyl adjacent to an activating group) is 1. The van der Waals surface area contributed by atoms with Crippen molar-refractivity contribution in [3.05, 3.63) is 35.1 Å². The van der Waals surface area contributed by atoms with Gasteiger partial charge in [0.25, 0.3) is 0 Å². The lowest BCUT2D eigenvalue weighted by Gasteiger charge is -2.28. The average molecular weight is 301 g/mol. The highest BCUT2D eigenvalue weighted by Crippen LogP contribution is 2.31. The van der Waals surface area contributed by atoms with Crippen molar-refractivity contribution in [1.29, 1.82) is 0 Å². The predicted octanol–water partition coefficient (Wildman–Crippen LogP) is 1.99. The van der Waals surface area contributed by atoms with E-state index in [0.29, 0.717) is 18.0 Å². The second kappa shape index (κ2) is 6.34. The molecule has 0 spiro atoms. The predicted molar refractivity (Wildman–Crippen MR) is 76.3 cm³/mol. The number of nitrogens with zero attached hydrogens (tertiary/aromatic N) is 2. The topological polar surface area (TPSA) is 32.5 Å². The molecular formula is C15H22F3N3. The maximum absolute atomic E-state index is 14.0. The number of likely N-dealkylation sites (tertiary alicyclic amines) is 1. The Balaban J connectivity index is 2.27. The zero-order valence-corrected chi connectivity index (χ0v) is 12.6. The Morgan fingerprint density at radius 2 is 1.81 bits per heavy atom. The average Bonchev–Trinajstić information content (AvgIpc) is 2.78. The largest absolute Gasteiger partial charge is 0.329 e. The number of hydrogen-bond donors (Lipinski definition) is 1. The Kier molecular flexibility index (Phi) is 4.91. The molecule has 0 saturated carbocycles. The van der Waals surface area contributed by atoms with Gasteiger partial charge in [-0.15, -0.1) is 0 Å². The molecular weight excluding hydrogens is 279 g/mol. The molecule has 3 unspecified atom stereocenters. The lowest BCUT2D eigenvalue weighted by molar-refractivity contribution is 0.215. The van der Waals surface area contributed by atoms with Gasteiger partial charge >= 0.3 is 0 Å². The van der Waals surface area contributed by atoms with Crippen LogP contribution in [-0.2, 0) is 0 Å². The number of halogens is 3. The molecule has 21 heavy (non-hydrogen) atoms. The van der Waals surface area contributed by atoms with Gasteiger partial charge in [0.2, 0.25) is 0 Å². The van der Waals surface area contributed by atoms with E-state index in [1.54, 1.807) is 0 Å². The van der Waals surface area contributed by atoms with Crippen molar-refractivity contribution < 1.29 is 13.2 Å². The molecule has 0 aliphatic carbocycles. The molecule has 1 aromatic carbocycles. The van der Waals surface area contributed by atoms with Gasteiger partial charge < -0.3 is 10.6 Å². The molecule has 0 amide bonds. The van der Waals surface area contributed by atoms with Gasteiger partial charge in [-0.1, -0.05) is 6.92 Å². The van der Waals surface area contributed by atoms with Crippen molar-refractivity contribution in [2.24, 2.45) is 11.7 Å². The number of rotatable bonds is 4. The van der Waals surface area contributed by atoms with Gasteiger partial charge in [0, 0.05) is 37.3 Å². The molecule has 0 radical (unpaired) electrons. The van der Waals surface area contributed by atoms with Crippen molar-refractivity contribution in [1.82, 2.24) is 9.80 Å². The second-order valence-electron chi connectivity index (χ2n) is 6.00. The molecule has 3 nitrogen and oxygen atoms in total. The van der Waals surface area contributed by atoms with E-state index in [0.717, 1.165) is 19.2 Å². The summed E-state index contributed by atoms with van der Waals surface area (Å²) in [5.74, 6) is -2.55. The van der Waals surface area contributed by atoms with Crippen molar-refractivity contribution in [3.63, 3.8) is 0 Å². The number of benzene rings is 1. The normalized spacial score (nSPS) is 24.8. The van der Waals surface area contributed by atoms with Crippen molar-refractivity contribution in [2.75, 3.05) is 33.7 Å². The summed E-state index contributed by atoms with van der Waals surface area (Å²) in [4.78, 5) is 4.17. The van der Waals surface area contributed by atoms with Gasteiger partial charge in [0.05, 0.1) is 6.04 Å². The van der Waals surface area contributed by atoms with Gasteiger partial charge in [0.1, 0.15) is 5.82 Å². The maximum Gasteiger partial charge on any atom is 0.161 e. The SMILES string of the molecule is CC1CN(C(CN)c2cc(F)c(F)cc2F)CC1N(C)C. The number of nitrogens with two attached hydrogens (primary N) is 1. The lowest BCUT2D eigenvalue weighted by atomic mass is 10.0. The molecule has 0 bridgehead atoms. The van der Waals surface area contributed by atoms with Gasteiger partial charge in [-0.05, 0) is 26.1 Å². The molecule has 1 aliphatic heterocycles. The molecule has 1 fully saturated rings. The fraction of sp³-hybridized carbons (Fsp3) is 0.600. The van der Waals surface area contributed by atoms with Crippen LogP contribution in [0.25, 0.3) is 0 Å². The van der Waals surface area contributed by atoms with Crippen molar-refractivity contribution in [2.45, 2.75) is 19.0 Å². The molecule has 3 atom stereocenters. The van der Waals surface area contributed by atoms with Crippen LogP contribution in [0.15, 0.2) is 12.1 Å². The first kappa shape index (κ1) is 16.3. The molecule has 1 heterocycles. The van der Waals surface area contributed by atoms with Crippen molar-refractivity contribution >= 4 is 0 Å². The highest BCUT2D eigenvalue weighted by atomic mass is 19.2. The van der Waals surface area contributed by atoms with Gasteiger partial charge in [0.15, 0.2) is 11.6 Å².